The number of carbonyl (C=O) groups is 5. The van der Waals surface area contributed by atoms with Crippen molar-refractivity contribution in [3.63, 3.8) is 0 Å². The minimum absolute atomic E-state index is 0.0465. The van der Waals surface area contributed by atoms with Gasteiger partial charge >= 0.3 is 12.1 Å². The Morgan fingerprint density at radius 1 is 0.772 bits per heavy atom. The summed E-state index contributed by atoms with van der Waals surface area (Å²) < 4.78 is 53.0. The summed E-state index contributed by atoms with van der Waals surface area (Å²) in [5.74, 6) is -7.26. The van der Waals surface area contributed by atoms with Gasteiger partial charge in [0.25, 0.3) is 11.7 Å². The van der Waals surface area contributed by atoms with Gasteiger partial charge in [0.15, 0.2) is 5.78 Å². The maximum atomic E-state index is 14.8. The molecule has 1 aromatic heterocycles. The summed E-state index contributed by atoms with van der Waals surface area (Å²) in [6.45, 7) is 20.5. The van der Waals surface area contributed by atoms with Crippen molar-refractivity contribution in [2.45, 2.75) is 199 Å². The molecule has 24 nitrogen and oxygen atoms in total. The molecule has 16 atom stereocenters. The van der Waals surface area contributed by atoms with E-state index in [0.29, 0.717) is 115 Å². The molecule has 5 heterocycles. The normalized spacial score (nSPS) is 33.9. The van der Waals surface area contributed by atoms with Gasteiger partial charge in [-0.15, -0.1) is 0 Å². The van der Waals surface area contributed by atoms with Crippen LogP contribution < -0.4 is 16.0 Å². The van der Waals surface area contributed by atoms with Gasteiger partial charge in [-0.1, -0.05) is 64.2 Å². The first-order valence-corrected chi connectivity index (χ1v) is 33.5. The zero-order valence-electron chi connectivity index (χ0n) is 56.3. The summed E-state index contributed by atoms with van der Waals surface area (Å²) >= 11 is 0. The van der Waals surface area contributed by atoms with Crippen molar-refractivity contribution >= 4 is 35.5 Å². The molecule has 6 N–H and O–H groups in total. The highest BCUT2D eigenvalue weighted by Gasteiger charge is 2.53. The van der Waals surface area contributed by atoms with Crippen LogP contribution in [0.5, 0.6) is 0 Å². The van der Waals surface area contributed by atoms with Gasteiger partial charge in [-0.05, 0) is 108 Å². The minimum atomic E-state index is -2.47. The highest BCUT2D eigenvalue weighted by atomic mass is 16.6. The summed E-state index contributed by atoms with van der Waals surface area (Å²) in [7, 11) is 4.63. The van der Waals surface area contributed by atoms with E-state index < -0.39 is 114 Å². The summed E-state index contributed by atoms with van der Waals surface area (Å²) in [5.41, 5.74) is 9.06. The third-order valence-electron chi connectivity index (χ3n) is 19.0. The maximum Gasteiger partial charge on any atom is 0.407 e. The lowest BCUT2D eigenvalue weighted by atomic mass is 9.80. The number of hydrogen-bond donors (Lipinski definition) is 5. The number of piperidine rings is 1. The Bertz CT molecular complexity index is 2580. The molecule has 1 aliphatic carbocycles. The van der Waals surface area contributed by atoms with Crippen molar-refractivity contribution in [3.05, 3.63) is 65.6 Å². The van der Waals surface area contributed by atoms with Crippen molar-refractivity contribution in [1.29, 1.82) is 0 Å². The van der Waals surface area contributed by atoms with Crippen LogP contribution in [0.25, 0.3) is 0 Å². The molecule has 518 valence electrons. The fraction of sp³-hybridized carbons (Fsp3) is 0.750. The number of aromatic nitrogens is 2. The van der Waals surface area contributed by atoms with Gasteiger partial charge in [-0.2, -0.15) is 0 Å². The second-order valence-corrected chi connectivity index (χ2v) is 25.8. The first-order valence-electron chi connectivity index (χ1n) is 33.5. The number of nitrogens with one attached hydrogen (secondary N) is 1. The van der Waals surface area contributed by atoms with Crippen LogP contribution in [0.15, 0.2) is 60.0 Å². The minimum Gasteiger partial charge on any atom is -0.459 e. The van der Waals surface area contributed by atoms with Crippen LogP contribution in [0.2, 0.25) is 0 Å². The fourth-order valence-corrected chi connectivity index (χ4v) is 13.1. The first kappa shape index (κ1) is 75.9. The molecule has 4 aliphatic heterocycles. The Labute approximate surface area is 545 Å². The Hall–Kier alpha value is -5.09. The number of amides is 2. The van der Waals surface area contributed by atoms with Gasteiger partial charge in [-0.25, -0.2) is 19.6 Å². The van der Waals surface area contributed by atoms with E-state index in [1.54, 1.807) is 53.5 Å². The van der Waals surface area contributed by atoms with Gasteiger partial charge in [0.05, 0.1) is 57.5 Å². The Morgan fingerprint density at radius 2 is 1.47 bits per heavy atom. The highest BCUT2D eigenvalue weighted by molar-refractivity contribution is 6.39. The number of aliphatic hydroxyl groups is 3. The molecule has 1 saturated carbocycles. The molecule has 92 heavy (non-hydrogen) atoms. The summed E-state index contributed by atoms with van der Waals surface area (Å²) in [6, 6.07) is -2.01. The van der Waals surface area contributed by atoms with Crippen molar-refractivity contribution < 1.29 is 81.9 Å². The number of ether oxygens (including phenoxy) is 9. The predicted molar refractivity (Wildman–Crippen MR) is 345 cm³/mol. The third-order valence-corrected chi connectivity index (χ3v) is 19.0. The standard InChI is InChI=1S/C68H109N7O17/c1-11-87-31-32-89-34-33-88-30-29-73-25-27-74(28-26-73)66-70-41-51(42-71-66)43-72-67(82)91-55-23-21-50(38-59(55)86-10)37-53(69)58-40-57(85-9)46(4)36-48(6)61(77)62(78)60(76)47(5)35-44(2)17-13-12-14-18-45(3)56(84-8)39-52-22-20-49(7)68(83,92-52)63(79)64(80)75-24-16-15-19-54(75)65(81)90-58/h12-14,17-18,36,41-42,44,46-47,49-50,52-59,61-62,77-78,83H,11,15-16,19-35,37-40,43,69H2,1-10H3,(H,72,82)/b14-12+,17-13+,45-18+,48-36+/t44-,46-,47-,49-,50+,52+,53-,54+,55-,56+,57-,58+,59-,61-,62+,68-/m1/s1. The van der Waals surface area contributed by atoms with Gasteiger partial charge in [0.2, 0.25) is 11.7 Å². The van der Waals surface area contributed by atoms with Crippen molar-refractivity contribution in [3.8, 4) is 0 Å². The second-order valence-electron chi connectivity index (χ2n) is 25.8. The molecule has 0 unspecified atom stereocenters. The van der Waals surface area contributed by atoms with E-state index in [1.165, 1.54) is 12.0 Å². The van der Waals surface area contributed by atoms with E-state index in [0.717, 1.165) is 38.3 Å². The van der Waals surface area contributed by atoms with E-state index in [2.05, 4.69) is 25.1 Å². The van der Waals surface area contributed by atoms with Crippen molar-refractivity contribution in [2.24, 2.45) is 35.3 Å². The molecule has 2 bridgehead atoms. The number of nitrogens with two attached hydrogens (primary N) is 1. The number of carbonyl (C=O) groups excluding carboxylic acids is 5. The van der Waals surface area contributed by atoms with Crippen LogP contribution in [-0.4, -0.2) is 232 Å². The zero-order chi connectivity index (χ0) is 66.9. The maximum absolute atomic E-state index is 14.8. The summed E-state index contributed by atoms with van der Waals surface area (Å²) in [4.78, 5) is 85.6. The zero-order valence-corrected chi connectivity index (χ0v) is 56.3. The molecular weight excluding hydrogens is 1190 g/mol. The number of alkyl carbamates (subject to hydrolysis) is 1. The fourth-order valence-electron chi connectivity index (χ4n) is 13.1. The smallest absolute Gasteiger partial charge is 0.407 e. The number of fused-ring (bicyclic) bond motifs is 3. The van der Waals surface area contributed by atoms with E-state index >= 15 is 0 Å². The molecule has 5 aliphatic rings. The average molecular weight is 1300 g/mol. The molecule has 0 spiro atoms. The topological polar surface area (TPSA) is 303 Å². The van der Waals surface area contributed by atoms with Gasteiger partial charge in [-0.3, -0.25) is 19.3 Å². The Morgan fingerprint density at radius 3 is 2.15 bits per heavy atom. The molecule has 3 saturated heterocycles. The van der Waals surface area contributed by atoms with E-state index in [1.807, 2.05) is 58.1 Å². The van der Waals surface area contributed by atoms with Gasteiger partial charge in [0.1, 0.15) is 30.5 Å². The van der Waals surface area contributed by atoms with Crippen LogP contribution in [0.4, 0.5) is 10.7 Å². The number of allylic oxidation sites excluding steroid dienone is 5. The summed E-state index contributed by atoms with van der Waals surface area (Å²) in [5, 5.41) is 37.6. The number of ketones is 2. The number of anilines is 1. The second kappa shape index (κ2) is 38.5. The molecule has 6 rings (SSSR count). The van der Waals surface area contributed by atoms with Gasteiger partial charge < -0.3 is 78.8 Å². The lowest BCUT2D eigenvalue weighted by molar-refractivity contribution is -0.265. The Balaban J connectivity index is 1.11. The molecule has 0 radical (unpaired) electrons. The SMILES string of the molecule is CCOCCOCCOCCN1CCN(c2ncc(CNC(=O)O[C@@H]3CC[C@@H](C[C@@H](N)[C@@H]4C[C@@H](OC)[C@H](C)/C=C(\C)[C@@H](O)[C@@H](O)C(=O)[C@H](C)C[C@H](C)/C=C/C=C/C=C(\C)[C@@H](OC)C[C@@H]5CC[C@@H](C)[C@@](O)(O5)C(=O)C(=O)N5CCCC[C@H]5C(=O)O4)C[C@H]3OC)cn2)CC1. The van der Waals surface area contributed by atoms with E-state index in [4.69, 9.17) is 48.4 Å². The number of nitrogens with zero attached hydrogens (tertiary/aromatic N) is 5. The highest BCUT2D eigenvalue weighted by Crippen LogP contribution is 2.38. The van der Waals surface area contributed by atoms with E-state index in [9.17, 15) is 39.3 Å². The number of piperazine rings is 1. The molecule has 1 aromatic rings. The number of aliphatic hydroxyl groups excluding tert-OH is 2. The molecule has 2 amide bonds. The predicted octanol–water partition coefficient (Wildman–Crippen LogP) is 5.58. The van der Waals surface area contributed by atoms with Crippen LogP contribution in [0.3, 0.4) is 0 Å². The third kappa shape index (κ3) is 22.5. The largest absolute Gasteiger partial charge is 0.459 e. The van der Waals surface area contributed by atoms with Crippen LogP contribution in [0.1, 0.15) is 131 Å². The molecule has 0 aromatic carbocycles. The average Bonchev–Trinajstić information content (AvgIpc) is 0.796. The van der Waals surface area contributed by atoms with Crippen LogP contribution in [0, 0.1) is 29.6 Å². The van der Waals surface area contributed by atoms with E-state index in [-0.39, 0.29) is 44.2 Å². The van der Waals surface area contributed by atoms with Crippen molar-refractivity contribution in [2.75, 3.05) is 105 Å². The monoisotopic (exact) mass is 1300 g/mol. The summed E-state index contributed by atoms with van der Waals surface area (Å²) in [6.07, 6.45) is 11.6. The number of rotatable bonds is 20. The van der Waals surface area contributed by atoms with Crippen molar-refractivity contribution in [1.82, 2.24) is 25.1 Å². The molecule has 24 heteroatoms. The number of Topliss-reactive ketones (excluding diaryl/α,β-unsaturated/α-hetero) is 2. The lowest BCUT2D eigenvalue weighted by Crippen LogP contribution is -2.61. The van der Waals surface area contributed by atoms with Crippen LogP contribution >= 0.6 is 0 Å². The molecule has 4 fully saturated rings. The quantitative estimate of drug-likeness (QED) is 0.0461. The lowest BCUT2D eigenvalue weighted by Gasteiger charge is -2.43. The number of methoxy groups -OCH3 is 3. The number of esters is 1. The first-order chi connectivity index (χ1) is 44.1. The number of cyclic esters (lactones) is 1. The van der Waals surface area contributed by atoms with Crippen LogP contribution in [-0.2, 0) is 68.4 Å². The Kier molecular flexibility index (Phi) is 31.7. The number of hydrogen-bond acceptors (Lipinski definition) is 22. The molecular formula is C68H109N7O17. The van der Waals surface area contributed by atoms with Gasteiger partial charge in [0, 0.05) is 128 Å².